The summed E-state index contributed by atoms with van der Waals surface area (Å²) in [5.74, 6) is 1.60. The average Bonchev–Trinajstić information content (AvgIpc) is 2.85. The van der Waals surface area contributed by atoms with Gasteiger partial charge < -0.3 is 9.47 Å². The van der Waals surface area contributed by atoms with Crippen molar-refractivity contribution in [2.45, 2.75) is 6.42 Å². The maximum atomic E-state index is 5.47. The molecule has 2 heterocycles. The van der Waals surface area contributed by atoms with Crippen molar-refractivity contribution in [3.8, 4) is 23.1 Å². The van der Waals surface area contributed by atoms with E-state index in [0.717, 1.165) is 24.3 Å². The fraction of sp³-hybridized carbons (Fsp3) is 0.250. The third-order valence-electron chi connectivity index (χ3n) is 2.79. The van der Waals surface area contributed by atoms with Crippen molar-refractivity contribution in [3.63, 3.8) is 0 Å². The van der Waals surface area contributed by atoms with E-state index in [4.69, 9.17) is 21.7 Å². The molecule has 6 heteroatoms. The van der Waals surface area contributed by atoms with Crippen LogP contribution >= 0.6 is 12.2 Å². The summed E-state index contributed by atoms with van der Waals surface area (Å²) in [7, 11) is 1.54. The lowest BCUT2D eigenvalue weighted by Gasteiger charge is -2.05. The minimum atomic E-state index is 0.261. The van der Waals surface area contributed by atoms with Crippen LogP contribution < -0.4 is 9.47 Å². The molecule has 0 radical (unpaired) electrons. The van der Waals surface area contributed by atoms with Gasteiger partial charge in [0.1, 0.15) is 11.6 Å². The minimum absolute atomic E-state index is 0.261. The van der Waals surface area contributed by atoms with Gasteiger partial charge in [-0.3, -0.25) is 4.98 Å². The molecule has 92 valence electrons. The van der Waals surface area contributed by atoms with Crippen molar-refractivity contribution in [3.05, 3.63) is 28.5 Å². The molecule has 3 rings (SSSR count). The lowest BCUT2D eigenvalue weighted by Crippen LogP contribution is -1.98. The molecule has 0 bridgehead atoms. The van der Waals surface area contributed by atoms with E-state index in [0.29, 0.717) is 11.8 Å². The number of nitrogens with one attached hydrogen (secondary N) is 1. The number of rotatable bonds is 2. The van der Waals surface area contributed by atoms with Crippen molar-refractivity contribution < 1.29 is 9.47 Å². The van der Waals surface area contributed by atoms with Gasteiger partial charge in [-0.15, -0.1) is 0 Å². The summed E-state index contributed by atoms with van der Waals surface area (Å²) < 4.78 is 10.8. The second kappa shape index (κ2) is 4.38. The molecule has 1 aromatic carbocycles. The van der Waals surface area contributed by atoms with Gasteiger partial charge in [0.05, 0.1) is 13.7 Å². The van der Waals surface area contributed by atoms with E-state index in [-0.39, 0.29) is 4.77 Å². The number of aromatic amines is 1. The Kier molecular flexibility index (Phi) is 2.71. The lowest BCUT2D eigenvalue weighted by atomic mass is 10.1. The molecule has 0 fully saturated rings. The highest BCUT2D eigenvalue weighted by Crippen LogP contribution is 2.29. The van der Waals surface area contributed by atoms with Crippen LogP contribution in [0.5, 0.6) is 11.8 Å². The monoisotopic (exact) mass is 261 g/mol. The van der Waals surface area contributed by atoms with E-state index in [1.165, 1.54) is 12.7 Å². The predicted octanol–water partition coefficient (Wildman–Crippen LogP) is 2.14. The molecule has 0 saturated heterocycles. The third kappa shape index (κ3) is 1.95. The van der Waals surface area contributed by atoms with Crippen molar-refractivity contribution in [2.75, 3.05) is 13.7 Å². The summed E-state index contributed by atoms with van der Waals surface area (Å²) in [6.07, 6.45) is 0.923. The summed E-state index contributed by atoms with van der Waals surface area (Å²) in [5.41, 5.74) is 2.13. The zero-order valence-electron chi connectivity index (χ0n) is 9.77. The van der Waals surface area contributed by atoms with Gasteiger partial charge in [-0.25, -0.2) is 4.98 Å². The summed E-state index contributed by atoms with van der Waals surface area (Å²) in [6.45, 7) is 0.738. The van der Waals surface area contributed by atoms with Crippen molar-refractivity contribution >= 4 is 12.2 Å². The van der Waals surface area contributed by atoms with Crippen LogP contribution in [0.15, 0.2) is 18.2 Å². The number of hydrogen-bond acceptors (Lipinski definition) is 5. The molecule has 1 aliphatic heterocycles. The van der Waals surface area contributed by atoms with E-state index in [9.17, 15) is 0 Å². The van der Waals surface area contributed by atoms with Crippen LogP contribution in [0.3, 0.4) is 0 Å². The van der Waals surface area contributed by atoms with E-state index in [1.807, 2.05) is 12.1 Å². The number of aromatic nitrogens is 3. The molecule has 0 aliphatic carbocycles. The fourth-order valence-corrected chi connectivity index (χ4v) is 2.11. The van der Waals surface area contributed by atoms with Crippen LogP contribution in [0, 0.1) is 4.77 Å². The predicted molar refractivity (Wildman–Crippen MR) is 68.4 cm³/mol. The molecular formula is C12H11N3O2S. The molecule has 2 aromatic rings. The first-order valence-corrected chi connectivity index (χ1v) is 5.95. The van der Waals surface area contributed by atoms with Crippen LogP contribution in [-0.4, -0.2) is 28.7 Å². The number of benzene rings is 1. The quantitative estimate of drug-likeness (QED) is 0.839. The maximum Gasteiger partial charge on any atom is 0.297 e. The summed E-state index contributed by atoms with van der Waals surface area (Å²) in [5, 5.41) is 0. The average molecular weight is 261 g/mol. The molecule has 0 unspecified atom stereocenters. The number of fused-ring (bicyclic) bond motifs is 1. The normalized spacial score (nSPS) is 12.9. The Bertz CT molecular complexity index is 654. The maximum absolute atomic E-state index is 5.47. The SMILES string of the molecule is COc1nc(=S)nc(-c2ccc3c(c2)CCO3)[nH]1. The number of ether oxygens (including phenoxy) is 2. The molecule has 0 amide bonds. The van der Waals surface area contributed by atoms with Gasteiger partial charge in [-0.05, 0) is 36.0 Å². The number of hydrogen-bond donors (Lipinski definition) is 1. The first kappa shape index (κ1) is 11.2. The molecule has 1 aliphatic rings. The van der Waals surface area contributed by atoms with Crippen molar-refractivity contribution in [1.82, 2.24) is 15.0 Å². The Morgan fingerprint density at radius 2 is 2.28 bits per heavy atom. The first-order valence-electron chi connectivity index (χ1n) is 5.55. The third-order valence-corrected chi connectivity index (χ3v) is 2.97. The van der Waals surface area contributed by atoms with E-state index < -0.39 is 0 Å². The Balaban J connectivity index is 2.09. The molecule has 18 heavy (non-hydrogen) atoms. The second-order valence-corrected chi connectivity index (χ2v) is 4.28. The first-order chi connectivity index (χ1) is 8.76. The van der Waals surface area contributed by atoms with Gasteiger partial charge in [0, 0.05) is 12.0 Å². The fourth-order valence-electron chi connectivity index (χ4n) is 1.93. The number of methoxy groups -OCH3 is 1. The Hall–Kier alpha value is -1.95. The largest absolute Gasteiger partial charge is 0.493 e. The van der Waals surface area contributed by atoms with E-state index in [1.54, 1.807) is 0 Å². The molecule has 0 atom stereocenters. The highest BCUT2D eigenvalue weighted by Gasteiger charge is 2.13. The Labute approximate surface area is 109 Å². The van der Waals surface area contributed by atoms with Gasteiger partial charge in [-0.2, -0.15) is 4.98 Å². The minimum Gasteiger partial charge on any atom is -0.493 e. The van der Waals surface area contributed by atoms with Crippen LogP contribution in [0.25, 0.3) is 11.4 Å². The topological polar surface area (TPSA) is 60.0 Å². The molecular weight excluding hydrogens is 250 g/mol. The van der Waals surface area contributed by atoms with Crippen LogP contribution in [0.1, 0.15) is 5.56 Å². The highest BCUT2D eigenvalue weighted by atomic mass is 32.1. The zero-order chi connectivity index (χ0) is 12.5. The number of nitrogens with zero attached hydrogens (tertiary/aromatic N) is 2. The van der Waals surface area contributed by atoms with Gasteiger partial charge in [0.2, 0.25) is 4.77 Å². The summed E-state index contributed by atoms with van der Waals surface area (Å²) in [6, 6.07) is 6.30. The van der Waals surface area contributed by atoms with Gasteiger partial charge in [-0.1, -0.05) is 0 Å². The van der Waals surface area contributed by atoms with E-state index in [2.05, 4.69) is 21.0 Å². The molecule has 1 aromatic heterocycles. The molecule has 1 N–H and O–H groups in total. The van der Waals surface area contributed by atoms with Crippen molar-refractivity contribution in [1.29, 1.82) is 0 Å². The number of H-pyrrole nitrogens is 1. The van der Waals surface area contributed by atoms with Gasteiger partial charge >= 0.3 is 0 Å². The molecule has 0 spiro atoms. The second-order valence-electron chi connectivity index (χ2n) is 3.91. The molecule has 0 saturated carbocycles. The molecule has 5 nitrogen and oxygen atoms in total. The van der Waals surface area contributed by atoms with Gasteiger partial charge in [0.25, 0.3) is 6.01 Å². The van der Waals surface area contributed by atoms with Crippen LogP contribution in [0.4, 0.5) is 0 Å². The Morgan fingerprint density at radius 1 is 1.39 bits per heavy atom. The standard InChI is InChI=1S/C12H11N3O2S/c1-16-11-13-10(14-12(18)15-11)8-2-3-9-7(6-8)4-5-17-9/h2-3,6H,4-5H2,1H3,(H,13,14,15,18). The zero-order valence-corrected chi connectivity index (χ0v) is 10.6. The van der Waals surface area contributed by atoms with E-state index >= 15 is 0 Å². The Morgan fingerprint density at radius 3 is 3.11 bits per heavy atom. The summed E-state index contributed by atoms with van der Waals surface area (Å²) >= 11 is 5.01. The van der Waals surface area contributed by atoms with Gasteiger partial charge in [0.15, 0.2) is 0 Å². The smallest absolute Gasteiger partial charge is 0.297 e. The van der Waals surface area contributed by atoms with Crippen LogP contribution in [0.2, 0.25) is 0 Å². The summed E-state index contributed by atoms with van der Waals surface area (Å²) in [4.78, 5) is 11.1. The van der Waals surface area contributed by atoms with Crippen molar-refractivity contribution in [2.24, 2.45) is 0 Å². The van der Waals surface area contributed by atoms with Crippen LogP contribution in [-0.2, 0) is 6.42 Å². The highest BCUT2D eigenvalue weighted by molar-refractivity contribution is 7.71. The lowest BCUT2D eigenvalue weighted by molar-refractivity contribution is 0.357.